The largest absolute Gasteiger partial charge is 0.497 e. The lowest BCUT2D eigenvalue weighted by molar-refractivity contribution is -0.121. The van der Waals surface area contributed by atoms with Crippen LogP contribution in [-0.4, -0.2) is 46.9 Å². The zero-order chi connectivity index (χ0) is 23.2. The zero-order valence-electron chi connectivity index (χ0n) is 19.0. The molecule has 1 atom stereocenters. The summed E-state index contributed by atoms with van der Waals surface area (Å²) in [5.41, 5.74) is 1.37. The minimum atomic E-state index is -3.70. The second kappa shape index (κ2) is 10.0. The lowest BCUT2D eigenvalue weighted by Crippen LogP contribution is -2.48. The molecule has 0 fully saturated rings. The summed E-state index contributed by atoms with van der Waals surface area (Å²) >= 11 is 0. The molecule has 31 heavy (non-hydrogen) atoms. The van der Waals surface area contributed by atoms with Gasteiger partial charge in [0.05, 0.1) is 25.6 Å². The molecule has 2 aromatic carbocycles. The van der Waals surface area contributed by atoms with Gasteiger partial charge in [-0.15, -0.1) is 0 Å². The highest BCUT2D eigenvalue weighted by atomic mass is 32.2. The molecule has 170 valence electrons. The monoisotopic (exact) mass is 448 g/mol. The highest BCUT2D eigenvalue weighted by Crippen LogP contribution is 2.30. The lowest BCUT2D eigenvalue weighted by Gasteiger charge is -2.28. The number of para-hydroxylation sites is 1. The van der Waals surface area contributed by atoms with Crippen molar-refractivity contribution in [2.75, 3.05) is 30.8 Å². The first-order chi connectivity index (χ1) is 14.4. The van der Waals surface area contributed by atoms with Crippen molar-refractivity contribution in [3.63, 3.8) is 0 Å². The highest BCUT2D eigenvalue weighted by Gasteiger charge is 2.29. The number of carbonyl (C=O) groups is 1. The number of ether oxygens (including phenoxy) is 2. The van der Waals surface area contributed by atoms with Gasteiger partial charge in [0, 0.05) is 6.07 Å². The molecule has 0 saturated heterocycles. The average Bonchev–Trinajstić information content (AvgIpc) is 2.69. The molecule has 0 aromatic heterocycles. The Labute approximate surface area is 185 Å². The molecule has 2 rings (SSSR count). The first kappa shape index (κ1) is 24.5. The van der Waals surface area contributed by atoms with E-state index in [-0.39, 0.29) is 18.6 Å². The maximum absolute atomic E-state index is 12.7. The Morgan fingerprint density at radius 1 is 1.13 bits per heavy atom. The summed E-state index contributed by atoms with van der Waals surface area (Å²) in [5.74, 6) is 0.858. The summed E-state index contributed by atoms with van der Waals surface area (Å²) in [6, 6.07) is 13.5. The van der Waals surface area contributed by atoms with Crippen molar-refractivity contribution in [1.29, 1.82) is 0 Å². The standard InChI is InChI=1S/C23H32N2O5S/c1-17(25(31(6,27)28)18-10-9-11-19(16-18)29-5)22(26)24-14-15-30-21-13-8-7-12-20(21)23(2,3)4/h7-13,16-17H,14-15H2,1-6H3,(H,24,26). The van der Waals surface area contributed by atoms with Crippen LogP contribution in [0.15, 0.2) is 48.5 Å². The SMILES string of the molecule is COc1cccc(N(C(C)C(=O)NCCOc2ccccc2C(C)(C)C)S(C)(=O)=O)c1. The Morgan fingerprint density at radius 2 is 1.81 bits per heavy atom. The van der Waals surface area contributed by atoms with E-state index in [4.69, 9.17) is 9.47 Å². The normalized spacial score (nSPS) is 12.7. The van der Waals surface area contributed by atoms with E-state index in [1.807, 2.05) is 24.3 Å². The van der Waals surface area contributed by atoms with Crippen LogP contribution in [0.2, 0.25) is 0 Å². The molecule has 0 aliphatic heterocycles. The fourth-order valence-corrected chi connectivity index (χ4v) is 4.42. The van der Waals surface area contributed by atoms with E-state index in [0.717, 1.165) is 21.9 Å². The van der Waals surface area contributed by atoms with Crippen LogP contribution in [-0.2, 0) is 20.2 Å². The maximum Gasteiger partial charge on any atom is 0.243 e. The molecule has 0 radical (unpaired) electrons. The minimum Gasteiger partial charge on any atom is -0.497 e. The number of hydrogen-bond acceptors (Lipinski definition) is 5. The molecule has 8 heteroatoms. The molecular weight excluding hydrogens is 416 g/mol. The number of methoxy groups -OCH3 is 1. The van der Waals surface area contributed by atoms with Gasteiger partial charge < -0.3 is 14.8 Å². The summed E-state index contributed by atoms with van der Waals surface area (Å²) < 4.78 is 36.9. The third-order valence-corrected chi connectivity index (χ3v) is 5.99. The third-order valence-electron chi connectivity index (χ3n) is 4.75. The lowest BCUT2D eigenvalue weighted by atomic mass is 9.86. The molecule has 0 saturated carbocycles. The molecule has 0 aliphatic carbocycles. The van der Waals surface area contributed by atoms with Gasteiger partial charge in [-0.3, -0.25) is 9.10 Å². The van der Waals surface area contributed by atoms with Gasteiger partial charge in [-0.1, -0.05) is 45.0 Å². The molecule has 0 bridgehead atoms. The second-order valence-electron chi connectivity index (χ2n) is 8.32. The number of rotatable bonds is 9. The quantitative estimate of drug-likeness (QED) is 0.595. The van der Waals surface area contributed by atoms with E-state index in [2.05, 4.69) is 26.1 Å². The smallest absolute Gasteiger partial charge is 0.243 e. The summed E-state index contributed by atoms with van der Waals surface area (Å²) in [6.07, 6.45) is 1.07. The topological polar surface area (TPSA) is 84.9 Å². The van der Waals surface area contributed by atoms with Crippen LogP contribution >= 0.6 is 0 Å². The molecule has 7 nitrogen and oxygen atoms in total. The number of sulfonamides is 1. The molecule has 0 heterocycles. The van der Waals surface area contributed by atoms with Crippen molar-refractivity contribution in [1.82, 2.24) is 5.32 Å². The Hall–Kier alpha value is -2.74. The van der Waals surface area contributed by atoms with Crippen LogP contribution in [0.5, 0.6) is 11.5 Å². The number of nitrogens with one attached hydrogen (secondary N) is 1. The van der Waals surface area contributed by atoms with Crippen LogP contribution in [0.25, 0.3) is 0 Å². The predicted molar refractivity (Wildman–Crippen MR) is 123 cm³/mol. The minimum absolute atomic E-state index is 0.0684. The van der Waals surface area contributed by atoms with Gasteiger partial charge in [-0.2, -0.15) is 0 Å². The van der Waals surface area contributed by atoms with Gasteiger partial charge in [0.25, 0.3) is 0 Å². The van der Waals surface area contributed by atoms with E-state index >= 15 is 0 Å². The second-order valence-corrected chi connectivity index (χ2v) is 10.2. The van der Waals surface area contributed by atoms with E-state index in [1.54, 1.807) is 31.2 Å². The number of amides is 1. The Bertz CT molecular complexity index is 999. The van der Waals surface area contributed by atoms with E-state index in [0.29, 0.717) is 11.4 Å². The average molecular weight is 449 g/mol. The van der Waals surface area contributed by atoms with Crippen LogP contribution in [0, 0.1) is 0 Å². The Kier molecular flexibility index (Phi) is 7.95. The Morgan fingerprint density at radius 3 is 2.42 bits per heavy atom. The van der Waals surface area contributed by atoms with Gasteiger partial charge in [-0.05, 0) is 36.1 Å². The number of carbonyl (C=O) groups excluding carboxylic acids is 1. The van der Waals surface area contributed by atoms with Crippen molar-refractivity contribution in [2.45, 2.75) is 39.2 Å². The van der Waals surface area contributed by atoms with Crippen LogP contribution in [0.3, 0.4) is 0 Å². The van der Waals surface area contributed by atoms with E-state index in [1.165, 1.54) is 7.11 Å². The van der Waals surface area contributed by atoms with Crippen LogP contribution < -0.4 is 19.1 Å². The van der Waals surface area contributed by atoms with E-state index < -0.39 is 22.0 Å². The van der Waals surface area contributed by atoms with Gasteiger partial charge in [0.1, 0.15) is 24.1 Å². The Balaban J connectivity index is 2.04. The molecule has 1 amide bonds. The van der Waals surface area contributed by atoms with Crippen molar-refractivity contribution in [2.24, 2.45) is 0 Å². The first-order valence-corrected chi connectivity index (χ1v) is 11.9. The number of anilines is 1. The molecule has 0 aliphatic rings. The molecule has 0 spiro atoms. The number of hydrogen-bond donors (Lipinski definition) is 1. The van der Waals surface area contributed by atoms with Crippen molar-refractivity contribution >= 4 is 21.6 Å². The molecule has 2 aromatic rings. The van der Waals surface area contributed by atoms with E-state index in [9.17, 15) is 13.2 Å². The number of nitrogens with zero attached hydrogens (tertiary/aromatic N) is 1. The van der Waals surface area contributed by atoms with Crippen molar-refractivity contribution < 1.29 is 22.7 Å². The van der Waals surface area contributed by atoms with Gasteiger partial charge in [0.2, 0.25) is 15.9 Å². The number of benzene rings is 2. The van der Waals surface area contributed by atoms with Gasteiger partial charge in [-0.25, -0.2) is 8.42 Å². The molecule has 1 N–H and O–H groups in total. The highest BCUT2D eigenvalue weighted by molar-refractivity contribution is 7.92. The molecule has 1 unspecified atom stereocenters. The van der Waals surface area contributed by atoms with Crippen LogP contribution in [0.4, 0.5) is 5.69 Å². The van der Waals surface area contributed by atoms with Gasteiger partial charge >= 0.3 is 0 Å². The van der Waals surface area contributed by atoms with Crippen molar-refractivity contribution in [3.05, 3.63) is 54.1 Å². The summed E-state index contributed by atoms with van der Waals surface area (Å²) in [4.78, 5) is 12.7. The first-order valence-electron chi connectivity index (χ1n) is 10.1. The summed E-state index contributed by atoms with van der Waals surface area (Å²) in [5, 5.41) is 2.76. The van der Waals surface area contributed by atoms with Crippen LogP contribution in [0.1, 0.15) is 33.3 Å². The summed E-state index contributed by atoms with van der Waals surface area (Å²) in [7, 11) is -2.20. The summed E-state index contributed by atoms with van der Waals surface area (Å²) in [6.45, 7) is 8.39. The third kappa shape index (κ3) is 6.62. The van der Waals surface area contributed by atoms with Crippen molar-refractivity contribution in [3.8, 4) is 11.5 Å². The fraction of sp³-hybridized carbons (Fsp3) is 0.435. The fourth-order valence-electron chi connectivity index (χ4n) is 3.25. The maximum atomic E-state index is 12.7. The molecular formula is C23H32N2O5S. The predicted octanol–water partition coefficient (Wildman–Crippen LogP) is 3.34. The zero-order valence-corrected chi connectivity index (χ0v) is 19.8. The van der Waals surface area contributed by atoms with Gasteiger partial charge in [0.15, 0.2) is 0 Å².